The Balaban J connectivity index is 2.58. The average molecular weight is 432 g/mol. The van der Waals surface area contributed by atoms with Gasteiger partial charge in [0.1, 0.15) is 16.9 Å². The molecule has 0 aromatic carbocycles. The fourth-order valence-electron chi connectivity index (χ4n) is 2.76. The summed E-state index contributed by atoms with van der Waals surface area (Å²) < 4.78 is 84.4. The first-order chi connectivity index (χ1) is 13.9. The summed E-state index contributed by atoms with van der Waals surface area (Å²) in [5.41, 5.74) is -1.96. The van der Waals surface area contributed by atoms with Crippen molar-refractivity contribution in [3.8, 4) is 5.69 Å². The minimum Gasteiger partial charge on any atom is -0.465 e. The molecule has 13 heteroatoms. The maximum Gasteiger partial charge on any atom is 0.435 e. The van der Waals surface area contributed by atoms with Gasteiger partial charge < -0.3 is 10.5 Å². The number of nitrogens with zero attached hydrogens (tertiary/aromatic N) is 3. The normalized spacial score (nSPS) is 12.2. The highest BCUT2D eigenvalue weighted by atomic mass is 19.4. The molecule has 3 aromatic rings. The third-order valence-electron chi connectivity index (χ3n) is 4.04. The molecule has 2 N–H and O–H groups in total. The molecule has 0 amide bonds. The molecule has 0 aliphatic heterocycles. The van der Waals surface area contributed by atoms with Crippen molar-refractivity contribution >= 4 is 22.7 Å². The molecule has 0 bridgehead atoms. The summed E-state index contributed by atoms with van der Waals surface area (Å²) in [5.74, 6) is -1.29. The second-order valence-corrected chi connectivity index (χ2v) is 5.86. The summed E-state index contributed by atoms with van der Waals surface area (Å²) in [7, 11) is 0.895. The highest BCUT2D eigenvalue weighted by molar-refractivity contribution is 6.03. The molecule has 30 heavy (non-hydrogen) atoms. The first-order valence-electron chi connectivity index (χ1n) is 7.91. The molecule has 3 heterocycles. The number of pyridine rings is 3. The number of methoxy groups -OCH3 is 1. The Morgan fingerprint density at radius 2 is 1.77 bits per heavy atom. The summed E-state index contributed by atoms with van der Waals surface area (Å²) in [5, 5.41) is -0.361. The second kappa shape index (κ2) is 7.00. The van der Waals surface area contributed by atoms with E-state index < -0.39 is 57.9 Å². The number of nitrogen functional groups attached to an aromatic ring is 1. The molecule has 3 rings (SSSR count). The van der Waals surface area contributed by atoms with Crippen LogP contribution in [0.3, 0.4) is 0 Å². The Morgan fingerprint density at radius 3 is 2.33 bits per heavy atom. The van der Waals surface area contributed by atoms with Crippen molar-refractivity contribution in [3.05, 3.63) is 57.8 Å². The first-order valence-corrected chi connectivity index (χ1v) is 7.91. The topological polar surface area (TPSA) is 100 Å². The molecule has 0 atom stereocenters. The zero-order valence-corrected chi connectivity index (χ0v) is 14.8. The van der Waals surface area contributed by atoms with Crippen molar-refractivity contribution in [3.63, 3.8) is 0 Å². The van der Waals surface area contributed by atoms with E-state index in [9.17, 15) is 35.9 Å². The van der Waals surface area contributed by atoms with Crippen LogP contribution >= 0.6 is 0 Å². The lowest BCUT2D eigenvalue weighted by atomic mass is 10.1. The summed E-state index contributed by atoms with van der Waals surface area (Å²) >= 11 is 0. The zero-order valence-electron chi connectivity index (χ0n) is 14.8. The summed E-state index contributed by atoms with van der Waals surface area (Å²) in [6.45, 7) is 0. The molecular weight excluding hydrogens is 422 g/mol. The summed E-state index contributed by atoms with van der Waals surface area (Å²) in [6, 6.07) is 3.15. The zero-order chi connectivity index (χ0) is 22.4. The number of nitrogens with two attached hydrogens (primary N) is 1. The predicted molar refractivity (Wildman–Crippen MR) is 90.9 cm³/mol. The number of anilines is 1. The number of hydrogen-bond donors (Lipinski definition) is 1. The van der Waals surface area contributed by atoms with E-state index in [1.54, 1.807) is 0 Å². The van der Waals surface area contributed by atoms with E-state index in [0.717, 1.165) is 31.5 Å². The molecule has 158 valence electrons. The predicted octanol–water partition coefficient (Wildman–Crippen LogP) is 3.19. The fourth-order valence-corrected chi connectivity index (χ4v) is 2.76. The van der Waals surface area contributed by atoms with Crippen LogP contribution in [0.2, 0.25) is 0 Å². The number of rotatable bonds is 2. The quantitative estimate of drug-likeness (QED) is 0.493. The number of alkyl halides is 6. The van der Waals surface area contributed by atoms with Gasteiger partial charge in [-0.15, -0.1) is 0 Å². The second-order valence-electron chi connectivity index (χ2n) is 5.86. The summed E-state index contributed by atoms with van der Waals surface area (Å²) in [4.78, 5) is 31.4. The number of fused-ring (bicyclic) bond motifs is 1. The SMILES string of the molecule is COC(=O)c1c(N)c2ccc(C(F)(F)F)nc2n(-c2cccnc2C(F)(F)F)c1=O. The highest BCUT2D eigenvalue weighted by Gasteiger charge is 2.38. The van der Waals surface area contributed by atoms with E-state index in [1.165, 1.54) is 0 Å². The van der Waals surface area contributed by atoms with Crippen LogP contribution in [0.15, 0.2) is 35.3 Å². The number of aromatic nitrogens is 3. The van der Waals surface area contributed by atoms with Crippen LogP contribution in [0, 0.1) is 0 Å². The number of halogens is 6. The number of carbonyl (C=O) groups is 1. The minimum atomic E-state index is -5.07. The molecule has 0 radical (unpaired) electrons. The van der Waals surface area contributed by atoms with Gasteiger partial charge in [0.2, 0.25) is 0 Å². The van der Waals surface area contributed by atoms with E-state index in [2.05, 4.69) is 14.7 Å². The molecule has 0 spiro atoms. The lowest BCUT2D eigenvalue weighted by molar-refractivity contribution is -0.142. The van der Waals surface area contributed by atoms with E-state index >= 15 is 0 Å². The molecule has 0 aliphatic carbocycles. The van der Waals surface area contributed by atoms with Crippen molar-refractivity contribution in [2.45, 2.75) is 12.4 Å². The maximum atomic E-state index is 13.4. The van der Waals surface area contributed by atoms with Crippen LogP contribution < -0.4 is 11.3 Å². The van der Waals surface area contributed by atoms with Crippen LogP contribution in [0.4, 0.5) is 32.0 Å². The molecule has 3 aromatic heterocycles. The fraction of sp³-hybridized carbons (Fsp3) is 0.176. The van der Waals surface area contributed by atoms with Crippen LogP contribution in [0.5, 0.6) is 0 Å². The Hall–Kier alpha value is -3.64. The van der Waals surface area contributed by atoms with E-state index in [-0.39, 0.29) is 9.95 Å². The third-order valence-corrected chi connectivity index (χ3v) is 4.04. The van der Waals surface area contributed by atoms with Crippen molar-refractivity contribution in [2.24, 2.45) is 0 Å². The van der Waals surface area contributed by atoms with E-state index in [0.29, 0.717) is 6.07 Å². The van der Waals surface area contributed by atoms with Gasteiger partial charge >= 0.3 is 18.3 Å². The van der Waals surface area contributed by atoms with Crippen molar-refractivity contribution < 1.29 is 35.9 Å². The smallest absolute Gasteiger partial charge is 0.435 e. The van der Waals surface area contributed by atoms with Gasteiger partial charge in [-0.25, -0.2) is 14.8 Å². The number of carbonyl (C=O) groups excluding carboxylic acids is 1. The van der Waals surface area contributed by atoms with Crippen LogP contribution in [-0.2, 0) is 17.1 Å². The van der Waals surface area contributed by atoms with E-state index in [4.69, 9.17) is 5.73 Å². The third kappa shape index (κ3) is 3.42. The Labute approximate surface area is 162 Å². The number of ether oxygens (including phenoxy) is 1. The van der Waals surface area contributed by atoms with E-state index in [1.807, 2.05) is 0 Å². The van der Waals surface area contributed by atoms with Gasteiger partial charge in [0.25, 0.3) is 5.56 Å². The number of esters is 1. The lowest BCUT2D eigenvalue weighted by Gasteiger charge is -2.18. The standard InChI is InChI=1S/C17H10F6N4O3/c1-30-15(29)10-11(24)7-4-5-9(16(18,19)20)26-13(7)27(14(10)28)8-3-2-6-25-12(8)17(21,22)23/h2-6H,24H2,1H3. The largest absolute Gasteiger partial charge is 0.465 e. The molecule has 0 fully saturated rings. The van der Waals surface area contributed by atoms with Gasteiger partial charge in [-0.3, -0.25) is 9.36 Å². The highest BCUT2D eigenvalue weighted by Crippen LogP contribution is 2.35. The summed E-state index contributed by atoms with van der Waals surface area (Å²) in [6.07, 6.45) is -9.25. The number of hydrogen-bond acceptors (Lipinski definition) is 6. The van der Waals surface area contributed by atoms with Crippen LogP contribution in [0.25, 0.3) is 16.7 Å². The molecule has 0 unspecified atom stereocenters. The van der Waals surface area contributed by atoms with Crippen LogP contribution in [-0.4, -0.2) is 27.6 Å². The average Bonchev–Trinajstić information content (AvgIpc) is 2.66. The van der Waals surface area contributed by atoms with Gasteiger partial charge in [0, 0.05) is 11.6 Å². The van der Waals surface area contributed by atoms with Gasteiger partial charge in [0.15, 0.2) is 5.69 Å². The van der Waals surface area contributed by atoms with Gasteiger partial charge in [-0.2, -0.15) is 26.3 Å². The lowest BCUT2D eigenvalue weighted by Crippen LogP contribution is -2.30. The van der Waals surface area contributed by atoms with Crippen molar-refractivity contribution in [2.75, 3.05) is 12.8 Å². The molecular formula is C17H10F6N4O3. The van der Waals surface area contributed by atoms with Crippen molar-refractivity contribution in [1.29, 1.82) is 0 Å². The minimum absolute atomic E-state index is 0.211. The molecule has 7 nitrogen and oxygen atoms in total. The molecule has 0 saturated heterocycles. The van der Waals surface area contributed by atoms with Crippen LogP contribution in [0.1, 0.15) is 21.7 Å². The Kier molecular flexibility index (Phi) is 4.92. The Bertz CT molecular complexity index is 1220. The maximum absolute atomic E-state index is 13.4. The van der Waals surface area contributed by atoms with Crippen molar-refractivity contribution in [1.82, 2.24) is 14.5 Å². The molecule has 0 aliphatic rings. The monoisotopic (exact) mass is 432 g/mol. The first kappa shape index (κ1) is 21.1. The Morgan fingerprint density at radius 1 is 1.10 bits per heavy atom. The van der Waals surface area contributed by atoms with Gasteiger partial charge in [-0.1, -0.05) is 0 Å². The molecule has 0 saturated carbocycles. The van der Waals surface area contributed by atoms with Gasteiger partial charge in [0.05, 0.1) is 18.5 Å². The van der Waals surface area contributed by atoms with Gasteiger partial charge in [-0.05, 0) is 24.3 Å².